The van der Waals surface area contributed by atoms with Gasteiger partial charge in [0.2, 0.25) is 0 Å². The van der Waals surface area contributed by atoms with Gasteiger partial charge in [0.15, 0.2) is 5.82 Å². The van der Waals surface area contributed by atoms with Gasteiger partial charge >= 0.3 is 0 Å². The molecule has 0 saturated carbocycles. The molecule has 0 fully saturated rings. The van der Waals surface area contributed by atoms with Gasteiger partial charge in [-0.25, -0.2) is 9.97 Å². The first-order valence-electron chi connectivity index (χ1n) is 6.17. The van der Waals surface area contributed by atoms with Crippen molar-refractivity contribution in [1.29, 1.82) is 0 Å². The van der Waals surface area contributed by atoms with Crippen LogP contribution in [-0.4, -0.2) is 23.1 Å². The van der Waals surface area contributed by atoms with Gasteiger partial charge in [0.25, 0.3) is 0 Å². The van der Waals surface area contributed by atoms with Gasteiger partial charge in [0.05, 0.1) is 0 Å². The Morgan fingerprint density at radius 3 is 2.44 bits per heavy atom. The van der Waals surface area contributed by atoms with E-state index in [2.05, 4.69) is 45.6 Å². The summed E-state index contributed by atoms with van der Waals surface area (Å²) in [4.78, 5) is 8.87. The van der Waals surface area contributed by atoms with Gasteiger partial charge < -0.3 is 5.32 Å². The normalized spacial score (nSPS) is 14.6. The smallest absolute Gasteiger partial charge is 0.155 e. The molecule has 1 N–H and O–H groups in total. The molecule has 0 amide bonds. The fourth-order valence-electron chi connectivity index (χ4n) is 2.09. The number of rotatable bonds is 3. The van der Waals surface area contributed by atoms with Gasteiger partial charge in [0, 0.05) is 37.5 Å². The number of hydrogen-bond acceptors (Lipinski definition) is 3. The lowest BCUT2D eigenvalue weighted by Crippen LogP contribution is -2.08. The number of nitrogens with zero attached hydrogens (tertiary/aromatic N) is 2. The van der Waals surface area contributed by atoms with E-state index in [-0.39, 0.29) is 0 Å². The number of hydrogen-bond donors (Lipinski definition) is 1. The highest BCUT2D eigenvalue weighted by molar-refractivity contribution is 5.63. The molecule has 3 heteroatoms. The maximum Gasteiger partial charge on any atom is 0.155 e. The highest BCUT2D eigenvalue weighted by Gasteiger charge is 2.08. The molecule has 2 aromatic rings. The first-order valence-corrected chi connectivity index (χ1v) is 6.17. The van der Waals surface area contributed by atoms with E-state index in [0.29, 0.717) is 0 Å². The molecule has 0 unspecified atom stereocenters. The maximum atomic E-state index is 4.44. The van der Waals surface area contributed by atoms with E-state index < -0.39 is 0 Å². The Hall–Kier alpha value is -2.00. The van der Waals surface area contributed by atoms with Gasteiger partial charge in [0.1, 0.15) is 0 Å². The topological polar surface area (TPSA) is 37.8 Å². The minimum atomic E-state index is 0.844. The lowest BCUT2D eigenvalue weighted by atomic mass is 10.1. The third-order valence-electron chi connectivity index (χ3n) is 3.05. The van der Waals surface area contributed by atoms with Crippen LogP contribution < -0.4 is 5.32 Å². The highest BCUT2D eigenvalue weighted by Crippen LogP contribution is 2.13. The Balaban J connectivity index is 1.75. The molecule has 3 rings (SSSR count). The number of nitrogens with one attached hydrogen (secondary N) is 1. The zero-order valence-electron chi connectivity index (χ0n) is 10.1. The molecule has 3 nitrogen and oxygen atoms in total. The molecule has 0 saturated heterocycles. The van der Waals surface area contributed by atoms with Crippen molar-refractivity contribution in [2.24, 2.45) is 0 Å². The van der Waals surface area contributed by atoms with Gasteiger partial charge in [-0.15, -0.1) is 0 Å². The van der Waals surface area contributed by atoms with E-state index in [9.17, 15) is 0 Å². The van der Waals surface area contributed by atoms with Crippen molar-refractivity contribution in [3.63, 3.8) is 0 Å². The number of benzene rings is 1. The third-order valence-corrected chi connectivity index (χ3v) is 3.05. The molecule has 0 spiro atoms. The average molecular weight is 237 g/mol. The van der Waals surface area contributed by atoms with Crippen LogP contribution in [0.15, 0.2) is 48.8 Å². The molecule has 1 aromatic heterocycles. The second-order valence-electron chi connectivity index (χ2n) is 4.44. The zero-order chi connectivity index (χ0) is 12.2. The molecule has 0 radical (unpaired) electrons. The van der Waals surface area contributed by atoms with E-state index >= 15 is 0 Å². The fourth-order valence-corrected chi connectivity index (χ4v) is 2.09. The molecule has 2 heterocycles. The molecule has 1 aromatic carbocycles. The summed E-state index contributed by atoms with van der Waals surface area (Å²) >= 11 is 0. The quantitative estimate of drug-likeness (QED) is 0.888. The summed E-state index contributed by atoms with van der Waals surface area (Å²) in [7, 11) is 0. The van der Waals surface area contributed by atoms with Gasteiger partial charge in [-0.05, 0) is 11.1 Å². The average Bonchev–Trinajstić information content (AvgIpc) is 2.95. The summed E-state index contributed by atoms with van der Waals surface area (Å²) in [6, 6.07) is 10.4. The van der Waals surface area contributed by atoms with E-state index in [1.165, 1.54) is 11.1 Å². The summed E-state index contributed by atoms with van der Waals surface area (Å²) in [6.07, 6.45) is 6.88. The van der Waals surface area contributed by atoms with Crippen molar-refractivity contribution < 1.29 is 0 Å². The molecule has 90 valence electrons. The first kappa shape index (κ1) is 11.1. The largest absolute Gasteiger partial charge is 0.309 e. The van der Waals surface area contributed by atoms with Crippen LogP contribution in [0.1, 0.15) is 17.0 Å². The fraction of sp³-hybridized carbons (Fsp3) is 0.200. The van der Waals surface area contributed by atoms with Crippen LogP contribution in [0, 0.1) is 0 Å². The predicted octanol–water partition coefficient (Wildman–Crippen LogP) is 2.05. The summed E-state index contributed by atoms with van der Waals surface area (Å²) in [5.41, 5.74) is 3.63. The summed E-state index contributed by atoms with van der Waals surface area (Å²) in [5.74, 6) is 0.844. The maximum absolute atomic E-state index is 4.44. The second-order valence-corrected chi connectivity index (χ2v) is 4.44. The van der Waals surface area contributed by atoms with Gasteiger partial charge in [-0.1, -0.05) is 36.4 Å². The molecule has 0 atom stereocenters. The Kier molecular flexibility index (Phi) is 3.15. The highest BCUT2D eigenvalue weighted by atomic mass is 14.9. The van der Waals surface area contributed by atoms with Crippen LogP contribution in [0.25, 0.3) is 5.57 Å². The van der Waals surface area contributed by atoms with Crippen molar-refractivity contribution in [3.05, 3.63) is 65.8 Å². The SMILES string of the molecule is C1=C(c2ncc(Cc3ccccc3)cn2)CNC1. The van der Waals surface area contributed by atoms with E-state index in [1.807, 2.05) is 18.5 Å². The molecular weight excluding hydrogens is 222 g/mol. The van der Waals surface area contributed by atoms with Crippen LogP contribution in [0.3, 0.4) is 0 Å². The number of aromatic nitrogens is 2. The predicted molar refractivity (Wildman–Crippen MR) is 72.1 cm³/mol. The minimum absolute atomic E-state index is 0.844. The minimum Gasteiger partial charge on any atom is -0.309 e. The van der Waals surface area contributed by atoms with Crippen molar-refractivity contribution in [1.82, 2.24) is 15.3 Å². The Labute approximate surface area is 107 Å². The van der Waals surface area contributed by atoms with Crippen molar-refractivity contribution in [2.75, 3.05) is 13.1 Å². The van der Waals surface area contributed by atoms with Crippen LogP contribution >= 0.6 is 0 Å². The molecule has 0 aliphatic carbocycles. The van der Waals surface area contributed by atoms with Crippen molar-refractivity contribution in [2.45, 2.75) is 6.42 Å². The molecule has 1 aliphatic rings. The molecule has 1 aliphatic heterocycles. The molecular formula is C15H15N3. The Morgan fingerprint density at radius 1 is 1.00 bits per heavy atom. The van der Waals surface area contributed by atoms with Gasteiger partial charge in [-0.2, -0.15) is 0 Å². The van der Waals surface area contributed by atoms with E-state index in [0.717, 1.165) is 30.9 Å². The third kappa shape index (κ3) is 2.46. The van der Waals surface area contributed by atoms with Gasteiger partial charge in [-0.3, -0.25) is 0 Å². The summed E-state index contributed by atoms with van der Waals surface area (Å²) < 4.78 is 0. The zero-order valence-corrected chi connectivity index (χ0v) is 10.1. The second kappa shape index (κ2) is 5.10. The van der Waals surface area contributed by atoms with E-state index in [4.69, 9.17) is 0 Å². The lowest BCUT2D eigenvalue weighted by Gasteiger charge is -2.03. The Morgan fingerprint density at radius 2 is 1.78 bits per heavy atom. The van der Waals surface area contributed by atoms with Crippen molar-refractivity contribution in [3.8, 4) is 0 Å². The van der Waals surface area contributed by atoms with Crippen LogP contribution in [0.2, 0.25) is 0 Å². The Bertz CT molecular complexity index is 544. The lowest BCUT2D eigenvalue weighted by molar-refractivity contribution is 0.891. The summed E-state index contributed by atoms with van der Waals surface area (Å²) in [5, 5.41) is 3.25. The molecule has 0 bridgehead atoms. The van der Waals surface area contributed by atoms with Crippen LogP contribution in [0.5, 0.6) is 0 Å². The van der Waals surface area contributed by atoms with E-state index in [1.54, 1.807) is 0 Å². The van der Waals surface area contributed by atoms with Crippen LogP contribution in [-0.2, 0) is 6.42 Å². The monoisotopic (exact) mass is 237 g/mol. The standard InChI is InChI=1S/C15H15N3/c1-2-4-12(5-3-1)8-13-9-17-15(18-10-13)14-6-7-16-11-14/h1-6,9-10,16H,7-8,11H2. The van der Waals surface area contributed by atoms with Crippen LogP contribution in [0.4, 0.5) is 0 Å². The van der Waals surface area contributed by atoms with Crippen molar-refractivity contribution >= 4 is 5.57 Å². The first-order chi connectivity index (χ1) is 8.92. The summed E-state index contributed by atoms with van der Waals surface area (Å²) in [6.45, 7) is 1.79. The molecule has 18 heavy (non-hydrogen) atoms.